The Morgan fingerprint density at radius 3 is 2.33 bits per heavy atom. The summed E-state index contributed by atoms with van der Waals surface area (Å²) in [6, 6.07) is 19.4. The highest BCUT2D eigenvalue weighted by Gasteiger charge is 2.22. The summed E-state index contributed by atoms with van der Waals surface area (Å²) in [4.78, 5) is 25.4. The third-order valence-electron chi connectivity index (χ3n) is 5.45. The van der Waals surface area contributed by atoms with Crippen LogP contribution in [0.4, 0.5) is 0 Å². The largest absolute Gasteiger partial charge is 0.497 e. The second-order valence-electron chi connectivity index (χ2n) is 8.86. The van der Waals surface area contributed by atoms with E-state index in [9.17, 15) is 9.70 Å². The van der Waals surface area contributed by atoms with Crippen molar-refractivity contribution < 1.29 is 14.3 Å². The number of nitrogens with zero attached hydrogens (tertiary/aromatic N) is 2. The first-order chi connectivity index (χ1) is 15.7. The molecule has 1 atom stereocenters. The zero-order valence-electron chi connectivity index (χ0n) is 19.7. The highest BCUT2D eigenvalue weighted by molar-refractivity contribution is 7.99. The molecular weight excluding hydrogens is 436 g/mol. The molecule has 0 spiro atoms. The zero-order chi connectivity index (χ0) is 24.0. The number of ether oxygens (including phenoxy) is 2. The van der Waals surface area contributed by atoms with E-state index in [2.05, 4.69) is 9.48 Å². The maximum atomic E-state index is 12.7. The zero-order valence-corrected chi connectivity index (χ0v) is 20.5. The van der Waals surface area contributed by atoms with Crippen LogP contribution in [0.15, 0.2) is 65.2 Å². The number of hydrogen-bond donors (Lipinski definition) is 0. The molecule has 0 saturated carbocycles. The molecule has 0 heterocycles. The minimum Gasteiger partial charge on any atom is -0.497 e. The highest BCUT2D eigenvalue weighted by Crippen LogP contribution is 2.28. The molecule has 3 rings (SSSR count). The van der Waals surface area contributed by atoms with Crippen molar-refractivity contribution in [1.82, 2.24) is 4.90 Å². The Hall–Kier alpha value is -2.90. The third-order valence-corrected chi connectivity index (χ3v) is 6.15. The average Bonchev–Trinajstić information content (AvgIpc) is 2.78. The predicted octanol–water partition coefficient (Wildman–Crippen LogP) is 6.18. The van der Waals surface area contributed by atoms with Gasteiger partial charge in [-0.3, -0.25) is 4.79 Å². The van der Waals surface area contributed by atoms with Crippen LogP contribution in [0.25, 0.3) is 10.8 Å². The lowest BCUT2D eigenvalue weighted by Crippen LogP contribution is -2.33. The quantitative estimate of drug-likeness (QED) is 0.154. The SMILES string of the molecule is COc1ccc2cc([C@H](C)C(=O)Oc3ccc(CN(C)CC(C)(C)SN=O)cc3)ccc2c1. The van der Waals surface area contributed by atoms with Crippen molar-refractivity contribution in [1.29, 1.82) is 0 Å². The van der Waals surface area contributed by atoms with Crippen LogP contribution >= 0.6 is 11.9 Å². The fourth-order valence-electron chi connectivity index (χ4n) is 3.79. The second kappa shape index (κ2) is 10.8. The molecule has 0 aliphatic rings. The molecule has 0 bridgehead atoms. The molecule has 0 unspecified atom stereocenters. The third kappa shape index (κ3) is 6.79. The van der Waals surface area contributed by atoms with Crippen molar-refractivity contribution in [3.63, 3.8) is 0 Å². The number of carbonyl (C=O) groups is 1. The summed E-state index contributed by atoms with van der Waals surface area (Å²) >= 11 is 1.05. The fourth-order valence-corrected chi connectivity index (χ4v) is 4.27. The predicted molar refractivity (Wildman–Crippen MR) is 135 cm³/mol. The van der Waals surface area contributed by atoms with Gasteiger partial charge < -0.3 is 14.4 Å². The van der Waals surface area contributed by atoms with Gasteiger partial charge in [-0.1, -0.05) is 36.4 Å². The molecule has 0 N–H and O–H groups in total. The van der Waals surface area contributed by atoms with Crippen LogP contribution < -0.4 is 9.47 Å². The van der Waals surface area contributed by atoms with E-state index in [-0.39, 0.29) is 10.7 Å². The summed E-state index contributed by atoms with van der Waals surface area (Å²) in [6.07, 6.45) is 0. The van der Waals surface area contributed by atoms with Gasteiger partial charge in [0.25, 0.3) is 0 Å². The molecule has 33 heavy (non-hydrogen) atoms. The summed E-state index contributed by atoms with van der Waals surface area (Å²) in [5, 5.41) is 2.11. The minimum atomic E-state index is -0.395. The Kier molecular flexibility index (Phi) is 8.10. The Morgan fingerprint density at radius 1 is 1.03 bits per heavy atom. The summed E-state index contributed by atoms with van der Waals surface area (Å²) in [6.45, 7) is 7.27. The van der Waals surface area contributed by atoms with Gasteiger partial charge >= 0.3 is 5.97 Å². The van der Waals surface area contributed by atoms with Crippen LogP contribution in [0.3, 0.4) is 0 Å². The van der Waals surface area contributed by atoms with Crippen molar-refractivity contribution in [3.05, 3.63) is 76.7 Å². The van der Waals surface area contributed by atoms with Crippen molar-refractivity contribution in [2.45, 2.75) is 38.0 Å². The standard InChI is InChI=1S/C26H30N2O4S/c1-18(20-8-9-22-15-24(31-5)13-10-21(22)14-20)25(29)32-23-11-6-19(7-12-23)16-28(4)17-26(2,3)33-27-30/h6-15,18H,16-17H2,1-5H3/t18-/m0/s1. The van der Waals surface area contributed by atoms with Crippen LogP contribution in [0, 0.1) is 4.91 Å². The first kappa shape index (κ1) is 24.7. The number of esters is 1. The lowest BCUT2D eigenvalue weighted by atomic mass is 9.98. The summed E-state index contributed by atoms with van der Waals surface area (Å²) < 4.78 is 13.6. The maximum absolute atomic E-state index is 12.7. The second-order valence-corrected chi connectivity index (χ2v) is 10.3. The fraction of sp³-hybridized carbons (Fsp3) is 0.346. The van der Waals surface area contributed by atoms with Crippen LogP contribution in [-0.4, -0.2) is 36.3 Å². The normalized spacial score (nSPS) is 12.5. The maximum Gasteiger partial charge on any atom is 0.318 e. The van der Waals surface area contributed by atoms with Gasteiger partial charge in [0, 0.05) is 34.4 Å². The van der Waals surface area contributed by atoms with E-state index in [1.54, 1.807) is 7.11 Å². The van der Waals surface area contributed by atoms with Gasteiger partial charge in [0.15, 0.2) is 0 Å². The van der Waals surface area contributed by atoms with Gasteiger partial charge in [-0.2, -0.15) is 0 Å². The summed E-state index contributed by atoms with van der Waals surface area (Å²) in [7, 11) is 3.65. The van der Waals surface area contributed by atoms with Gasteiger partial charge in [-0.05, 0) is 74.0 Å². The van der Waals surface area contributed by atoms with Crippen LogP contribution in [-0.2, 0) is 11.3 Å². The molecule has 6 nitrogen and oxygen atoms in total. The molecule has 3 aromatic carbocycles. The van der Waals surface area contributed by atoms with Gasteiger partial charge in [-0.25, -0.2) is 0 Å². The van der Waals surface area contributed by atoms with Crippen LogP contribution in [0.5, 0.6) is 11.5 Å². The Labute approximate surface area is 199 Å². The molecule has 0 aliphatic heterocycles. The molecule has 0 aromatic heterocycles. The van der Waals surface area contributed by atoms with Crippen LogP contribution in [0.2, 0.25) is 0 Å². The lowest BCUT2D eigenvalue weighted by Gasteiger charge is -2.26. The lowest BCUT2D eigenvalue weighted by molar-refractivity contribution is -0.135. The van der Waals surface area contributed by atoms with Crippen molar-refractivity contribution >= 4 is 28.7 Å². The van der Waals surface area contributed by atoms with E-state index < -0.39 is 5.92 Å². The van der Waals surface area contributed by atoms with E-state index in [4.69, 9.17) is 9.47 Å². The number of hydrogen-bond acceptors (Lipinski definition) is 7. The van der Waals surface area contributed by atoms with E-state index in [0.29, 0.717) is 5.75 Å². The van der Waals surface area contributed by atoms with Gasteiger partial charge in [-0.15, -0.1) is 4.91 Å². The highest BCUT2D eigenvalue weighted by atomic mass is 32.2. The van der Waals surface area contributed by atoms with E-state index >= 15 is 0 Å². The Morgan fingerprint density at radius 2 is 1.67 bits per heavy atom. The number of carbonyl (C=O) groups excluding carboxylic acids is 1. The van der Waals surface area contributed by atoms with Crippen molar-refractivity contribution in [2.75, 3.05) is 20.7 Å². The van der Waals surface area contributed by atoms with Gasteiger partial charge in [0.05, 0.1) is 13.0 Å². The first-order valence-corrected chi connectivity index (χ1v) is 11.6. The average molecular weight is 467 g/mol. The molecule has 174 valence electrons. The van der Waals surface area contributed by atoms with Gasteiger partial charge in [0.1, 0.15) is 11.5 Å². The van der Waals surface area contributed by atoms with E-state index in [1.165, 1.54) is 0 Å². The van der Waals surface area contributed by atoms with Crippen molar-refractivity contribution in [3.8, 4) is 11.5 Å². The molecule has 0 aliphatic carbocycles. The molecule has 3 aromatic rings. The number of rotatable bonds is 10. The molecular formula is C26H30N2O4S. The van der Waals surface area contributed by atoms with Crippen LogP contribution in [0.1, 0.15) is 37.8 Å². The molecule has 0 amide bonds. The van der Waals surface area contributed by atoms with Gasteiger partial charge in [0.2, 0.25) is 0 Å². The minimum absolute atomic E-state index is 0.253. The smallest absolute Gasteiger partial charge is 0.318 e. The Bertz CT molecular complexity index is 1110. The number of nitroso groups, excluding NO2 is 1. The summed E-state index contributed by atoms with van der Waals surface area (Å²) in [5.74, 6) is 0.629. The Balaban J connectivity index is 1.60. The monoisotopic (exact) mass is 466 g/mol. The number of fused-ring (bicyclic) bond motifs is 1. The molecule has 0 saturated heterocycles. The first-order valence-electron chi connectivity index (χ1n) is 10.8. The molecule has 0 radical (unpaired) electrons. The van der Waals surface area contributed by atoms with E-state index in [0.717, 1.165) is 52.7 Å². The van der Waals surface area contributed by atoms with Crippen molar-refractivity contribution in [2.24, 2.45) is 4.58 Å². The molecule has 7 heteroatoms. The molecule has 0 fully saturated rings. The summed E-state index contributed by atoms with van der Waals surface area (Å²) in [5.41, 5.74) is 2.00. The van der Waals surface area contributed by atoms with E-state index in [1.807, 2.05) is 88.5 Å². The topological polar surface area (TPSA) is 68.2 Å². The number of benzene rings is 3. The number of methoxy groups -OCH3 is 1.